The molecule has 1 heterocycles. The van der Waals surface area contributed by atoms with Crippen LogP contribution < -0.4 is 5.73 Å². The molecule has 0 fully saturated rings. The number of imidazole rings is 1. The smallest absolute Gasteiger partial charge is 0.201 e. The molecule has 0 saturated heterocycles. The average molecular weight is 352 g/mol. The monoisotopic (exact) mass is 351 g/mol. The zero-order chi connectivity index (χ0) is 15.0. The summed E-state index contributed by atoms with van der Waals surface area (Å²) in [5.41, 5.74) is 7.68. The second-order valence-corrected chi connectivity index (χ2v) is 5.57. The van der Waals surface area contributed by atoms with E-state index in [4.69, 9.17) is 5.73 Å². The fourth-order valence-electron chi connectivity index (χ4n) is 2.31. The lowest BCUT2D eigenvalue weighted by atomic mass is 10.1. The normalized spacial score (nSPS) is 11.2. The Morgan fingerprint density at radius 1 is 1.14 bits per heavy atom. The zero-order valence-corrected chi connectivity index (χ0v) is 12.6. The molecule has 0 unspecified atom stereocenters. The number of nitrogen functional groups attached to an aromatic ring is 1. The van der Waals surface area contributed by atoms with Gasteiger partial charge < -0.3 is 10.3 Å². The predicted octanol–water partition coefficient (Wildman–Crippen LogP) is 3.90. The van der Waals surface area contributed by atoms with Crippen LogP contribution in [0.4, 0.5) is 14.7 Å². The number of hydrogen-bond donors (Lipinski definition) is 1. The third kappa shape index (κ3) is 2.63. The molecule has 0 spiro atoms. The first-order chi connectivity index (χ1) is 10.1. The molecule has 0 aliphatic heterocycles. The van der Waals surface area contributed by atoms with Crippen LogP contribution >= 0.6 is 15.9 Å². The van der Waals surface area contributed by atoms with Crippen LogP contribution in [0.2, 0.25) is 0 Å². The lowest BCUT2D eigenvalue weighted by Crippen LogP contribution is -2.06. The topological polar surface area (TPSA) is 43.8 Å². The van der Waals surface area contributed by atoms with Crippen molar-refractivity contribution in [1.82, 2.24) is 9.55 Å². The van der Waals surface area contributed by atoms with E-state index in [9.17, 15) is 8.78 Å². The lowest BCUT2D eigenvalue weighted by Gasteiger charge is -2.07. The maximum Gasteiger partial charge on any atom is 0.201 e. The first kappa shape index (κ1) is 14.0. The molecule has 3 nitrogen and oxygen atoms in total. The Kier molecular flexibility index (Phi) is 3.63. The lowest BCUT2D eigenvalue weighted by molar-refractivity contribution is 0.596. The molecule has 3 rings (SSSR count). The molecule has 0 aliphatic carbocycles. The van der Waals surface area contributed by atoms with Crippen molar-refractivity contribution >= 4 is 32.9 Å². The number of nitrogens with zero attached hydrogens (tertiary/aromatic N) is 2. The molecule has 0 radical (unpaired) electrons. The van der Waals surface area contributed by atoms with Gasteiger partial charge in [0.1, 0.15) is 11.6 Å². The summed E-state index contributed by atoms with van der Waals surface area (Å²) in [6, 6.07) is 9.53. The summed E-state index contributed by atoms with van der Waals surface area (Å²) < 4.78 is 29.3. The maximum absolute atomic E-state index is 13.7. The average Bonchev–Trinajstić information content (AvgIpc) is 2.74. The van der Waals surface area contributed by atoms with Crippen LogP contribution in [0, 0.1) is 11.6 Å². The molecule has 0 bridgehead atoms. The second kappa shape index (κ2) is 5.44. The van der Waals surface area contributed by atoms with Crippen LogP contribution in [0.3, 0.4) is 0 Å². The first-order valence-electron chi connectivity index (χ1n) is 6.40. The standard InChI is InChI=1S/C15H12BrF2N3/c16-10-7-13-14(8-12(10)18)21(15(19)20-13)6-5-9-3-1-2-4-11(9)17/h1-4,7-8H,5-6H2,(H2,19,20). The molecule has 0 aliphatic rings. The molecule has 2 aromatic carbocycles. The quantitative estimate of drug-likeness (QED) is 0.777. The first-order valence-corrected chi connectivity index (χ1v) is 7.19. The van der Waals surface area contributed by atoms with Crippen LogP contribution in [0.25, 0.3) is 11.0 Å². The van der Waals surface area contributed by atoms with E-state index in [1.807, 2.05) is 0 Å². The van der Waals surface area contributed by atoms with Crippen LogP contribution in [0.5, 0.6) is 0 Å². The highest BCUT2D eigenvalue weighted by Gasteiger charge is 2.12. The van der Waals surface area contributed by atoms with E-state index in [2.05, 4.69) is 20.9 Å². The van der Waals surface area contributed by atoms with Gasteiger partial charge in [-0.1, -0.05) is 18.2 Å². The minimum atomic E-state index is -0.380. The summed E-state index contributed by atoms with van der Waals surface area (Å²) in [7, 11) is 0. The van der Waals surface area contributed by atoms with Crippen molar-refractivity contribution in [3.05, 3.63) is 58.1 Å². The number of halogens is 3. The Morgan fingerprint density at radius 2 is 1.90 bits per heavy atom. The molecule has 0 atom stereocenters. The number of hydrogen-bond acceptors (Lipinski definition) is 2. The number of fused-ring (bicyclic) bond motifs is 1. The van der Waals surface area contributed by atoms with Gasteiger partial charge in [-0.05, 0) is 40.0 Å². The number of rotatable bonds is 3. The van der Waals surface area contributed by atoms with Crippen molar-refractivity contribution in [2.75, 3.05) is 5.73 Å². The Labute approximate surface area is 128 Å². The van der Waals surface area contributed by atoms with E-state index in [-0.39, 0.29) is 11.6 Å². The number of benzene rings is 2. The summed E-state index contributed by atoms with van der Waals surface area (Å²) in [6.45, 7) is 0.435. The molecule has 0 saturated carbocycles. The van der Waals surface area contributed by atoms with E-state index in [1.54, 1.807) is 28.8 Å². The van der Waals surface area contributed by atoms with E-state index in [0.29, 0.717) is 40.0 Å². The molecule has 108 valence electrons. The summed E-state index contributed by atoms with van der Waals surface area (Å²) in [5.74, 6) is -0.345. The van der Waals surface area contributed by atoms with Crippen LogP contribution in [0.1, 0.15) is 5.56 Å². The molecular formula is C15H12BrF2N3. The number of aromatic nitrogens is 2. The van der Waals surface area contributed by atoms with Gasteiger partial charge in [-0.2, -0.15) is 0 Å². The summed E-state index contributed by atoms with van der Waals surface area (Å²) in [5, 5.41) is 0. The minimum Gasteiger partial charge on any atom is -0.369 e. The summed E-state index contributed by atoms with van der Waals surface area (Å²) in [6.07, 6.45) is 0.458. The number of nitrogens with two attached hydrogens (primary N) is 1. The fourth-order valence-corrected chi connectivity index (χ4v) is 2.64. The van der Waals surface area contributed by atoms with E-state index in [0.717, 1.165) is 0 Å². The van der Waals surface area contributed by atoms with Crippen molar-refractivity contribution in [3.63, 3.8) is 0 Å². The van der Waals surface area contributed by atoms with Gasteiger partial charge in [0, 0.05) is 12.6 Å². The van der Waals surface area contributed by atoms with Gasteiger partial charge in [0.05, 0.1) is 15.5 Å². The van der Waals surface area contributed by atoms with Gasteiger partial charge in [-0.3, -0.25) is 0 Å². The van der Waals surface area contributed by atoms with Crippen molar-refractivity contribution in [2.24, 2.45) is 0 Å². The van der Waals surface area contributed by atoms with Gasteiger partial charge in [0.15, 0.2) is 0 Å². The Bertz CT molecular complexity index is 814. The van der Waals surface area contributed by atoms with Gasteiger partial charge in [0.2, 0.25) is 5.95 Å². The van der Waals surface area contributed by atoms with E-state index in [1.165, 1.54) is 12.1 Å². The Morgan fingerprint density at radius 3 is 2.67 bits per heavy atom. The predicted molar refractivity (Wildman–Crippen MR) is 81.9 cm³/mol. The van der Waals surface area contributed by atoms with Crippen molar-refractivity contribution in [2.45, 2.75) is 13.0 Å². The number of anilines is 1. The SMILES string of the molecule is Nc1nc2cc(Br)c(F)cc2n1CCc1ccccc1F. The third-order valence-electron chi connectivity index (χ3n) is 3.38. The molecule has 1 aromatic heterocycles. The van der Waals surface area contributed by atoms with Crippen molar-refractivity contribution in [1.29, 1.82) is 0 Å². The van der Waals surface area contributed by atoms with E-state index >= 15 is 0 Å². The molecule has 6 heteroatoms. The Balaban J connectivity index is 1.95. The Hall–Kier alpha value is -1.95. The van der Waals surface area contributed by atoms with Gasteiger partial charge >= 0.3 is 0 Å². The van der Waals surface area contributed by atoms with Crippen molar-refractivity contribution < 1.29 is 8.78 Å². The molecular weight excluding hydrogens is 340 g/mol. The van der Waals surface area contributed by atoms with Gasteiger partial charge in [0.25, 0.3) is 0 Å². The minimum absolute atomic E-state index is 0.255. The maximum atomic E-state index is 13.7. The molecule has 0 amide bonds. The largest absolute Gasteiger partial charge is 0.369 e. The fraction of sp³-hybridized carbons (Fsp3) is 0.133. The highest BCUT2D eigenvalue weighted by molar-refractivity contribution is 9.10. The van der Waals surface area contributed by atoms with Crippen LogP contribution in [-0.4, -0.2) is 9.55 Å². The van der Waals surface area contributed by atoms with E-state index < -0.39 is 0 Å². The van der Waals surface area contributed by atoms with Crippen LogP contribution in [0.15, 0.2) is 40.9 Å². The highest BCUT2D eigenvalue weighted by atomic mass is 79.9. The highest BCUT2D eigenvalue weighted by Crippen LogP contribution is 2.25. The molecule has 2 N–H and O–H groups in total. The second-order valence-electron chi connectivity index (χ2n) is 4.72. The van der Waals surface area contributed by atoms with Gasteiger partial charge in [-0.25, -0.2) is 13.8 Å². The summed E-state index contributed by atoms with van der Waals surface area (Å²) in [4.78, 5) is 4.20. The third-order valence-corrected chi connectivity index (χ3v) is 3.99. The number of aryl methyl sites for hydroxylation is 2. The zero-order valence-electron chi connectivity index (χ0n) is 11.0. The van der Waals surface area contributed by atoms with Gasteiger partial charge in [-0.15, -0.1) is 0 Å². The summed E-state index contributed by atoms with van der Waals surface area (Å²) >= 11 is 3.12. The van der Waals surface area contributed by atoms with Crippen LogP contribution in [-0.2, 0) is 13.0 Å². The molecule has 21 heavy (non-hydrogen) atoms. The van der Waals surface area contributed by atoms with Crippen molar-refractivity contribution in [3.8, 4) is 0 Å². The molecule has 3 aromatic rings.